The first-order valence-corrected chi connectivity index (χ1v) is 11.9. The second-order valence-electron chi connectivity index (χ2n) is 6.89. The third-order valence-corrected chi connectivity index (χ3v) is 7.50. The van der Waals surface area contributed by atoms with Crippen molar-refractivity contribution in [2.24, 2.45) is 0 Å². The number of nitrogens with zero attached hydrogens (tertiary/aromatic N) is 1. The Morgan fingerprint density at radius 3 is 2.78 bits per heavy atom. The van der Waals surface area contributed by atoms with Crippen LogP contribution in [-0.2, 0) is 16.4 Å². The number of thiophene rings is 1. The lowest BCUT2D eigenvalue weighted by Crippen LogP contribution is -2.40. The van der Waals surface area contributed by atoms with E-state index in [-0.39, 0.29) is 23.5 Å². The molecular weight excluding hydrogens is 382 g/mol. The number of benzene rings is 1. The molecule has 0 unspecified atom stereocenters. The monoisotopic (exact) mass is 407 g/mol. The van der Waals surface area contributed by atoms with Gasteiger partial charge in [0.05, 0.1) is 24.7 Å². The molecule has 1 amide bonds. The van der Waals surface area contributed by atoms with Gasteiger partial charge in [-0.1, -0.05) is 13.0 Å². The molecule has 0 radical (unpaired) electrons. The van der Waals surface area contributed by atoms with Gasteiger partial charge in [-0.25, -0.2) is 8.42 Å². The highest BCUT2D eigenvalue weighted by molar-refractivity contribution is 7.91. The van der Waals surface area contributed by atoms with Crippen molar-refractivity contribution in [2.45, 2.75) is 39.3 Å². The third-order valence-electron chi connectivity index (χ3n) is 4.75. The van der Waals surface area contributed by atoms with Gasteiger partial charge in [0.25, 0.3) is 5.91 Å². The van der Waals surface area contributed by atoms with E-state index < -0.39 is 9.84 Å². The molecule has 7 heteroatoms. The summed E-state index contributed by atoms with van der Waals surface area (Å²) in [6.07, 6.45) is 1.38. The maximum Gasteiger partial charge on any atom is 0.254 e. The Morgan fingerprint density at radius 2 is 2.15 bits per heavy atom. The summed E-state index contributed by atoms with van der Waals surface area (Å²) in [5.74, 6) is 0.695. The molecule has 27 heavy (non-hydrogen) atoms. The van der Waals surface area contributed by atoms with Gasteiger partial charge in [0, 0.05) is 16.5 Å². The Labute approximate surface area is 164 Å². The number of sulfone groups is 1. The highest BCUT2D eigenvalue weighted by atomic mass is 32.2. The quantitative estimate of drug-likeness (QED) is 0.702. The van der Waals surface area contributed by atoms with Crippen molar-refractivity contribution in [1.82, 2.24) is 4.90 Å². The second kappa shape index (κ2) is 8.44. The zero-order valence-corrected chi connectivity index (χ0v) is 17.3. The topological polar surface area (TPSA) is 63.7 Å². The number of hydrogen-bond donors (Lipinski definition) is 0. The molecule has 0 aliphatic carbocycles. The van der Waals surface area contributed by atoms with Crippen molar-refractivity contribution in [3.8, 4) is 5.75 Å². The minimum Gasteiger partial charge on any atom is -0.494 e. The molecule has 0 bridgehead atoms. The van der Waals surface area contributed by atoms with Gasteiger partial charge in [-0.2, -0.15) is 0 Å². The Kier molecular flexibility index (Phi) is 6.22. The van der Waals surface area contributed by atoms with Crippen molar-refractivity contribution < 1.29 is 17.9 Å². The molecule has 0 N–H and O–H groups in total. The van der Waals surface area contributed by atoms with E-state index in [2.05, 4.69) is 0 Å². The van der Waals surface area contributed by atoms with Crippen LogP contribution in [0.15, 0.2) is 35.7 Å². The van der Waals surface area contributed by atoms with Crippen LogP contribution in [0.25, 0.3) is 0 Å². The van der Waals surface area contributed by atoms with Crippen molar-refractivity contribution in [3.63, 3.8) is 0 Å². The van der Waals surface area contributed by atoms with Gasteiger partial charge in [0.15, 0.2) is 9.84 Å². The SMILES string of the molecule is CCCOc1cccc(C(=O)N(Cc2sccc2C)[C@H]2CCS(=O)(=O)C2)c1. The first-order valence-electron chi connectivity index (χ1n) is 9.17. The smallest absolute Gasteiger partial charge is 0.254 e. The van der Waals surface area contributed by atoms with E-state index in [9.17, 15) is 13.2 Å². The van der Waals surface area contributed by atoms with E-state index in [1.165, 1.54) is 0 Å². The fourth-order valence-electron chi connectivity index (χ4n) is 3.21. The van der Waals surface area contributed by atoms with Gasteiger partial charge in [0.2, 0.25) is 0 Å². The molecule has 1 aliphatic rings. The molecule has 1 saturated heterocycles. The van der Waals surface area contributed by atoms with E-state index in [1.54, 1.807) is 34.4 Å². The summed E-state index contributed by atoms with van der Waals surface area (Å²) >= 11 is 1.60. The summed E-state index contributed by atoms with van der Waals surface area (Å²) in [4.78, 5) is 16.1. The molecule has 5 nitrogen and oxygen atoms in total. The van der Waals surface area contributed by atoms with Crippen molar-refractivity contribution >= 4 is 27.1 Å². The number of carbonyl (C=O) groups is 1. The van der Waals surface area contributed by atoms with Gasteiger partial charge in [-0.15, -0.1) is 11.3 Å². The first kappa shape index (κ1) is 19.9. The average molecular weight is 408 g/mol. The molecule has 0 spiro atoms. The van der Waals surface area contributed by atoms with Crippen LogP contribution < -0.4 is 4.74 Å². The molecule has 1 aliphatic heterocycles. The Hall–Kier alpha value is -1.86. The zero-order valence-electron chi connectivity index (χ0n) is 15.7. The summed E-state index contributed by atoms with van der Waals surface area (Å²) in [7, 11) is -3.08. The average Bonchev–Trinajstić information content (AvgIpc) is 3.22. The minimum absolute atomic E-state index is 0.0369. The summed E-state index contributed by atoms with van der Waals surface area (Å²) in [5.41, 5.74) is 1.65. The normalized spacial score (nSPS) is 18.4. The maximum atomic E-state index is 13.3. The Morgan fingerprint density at radius 1 is 1.33 bits per heavy atom. The maximum absolute atomic E-state index is 13.3. The van der Waals surface area contributed by atoms with E-state index in [4.69, 9.17) is 4.74 Å². The molecule has 3 rings (SSSR count). The lowest BCUT2D eigenvalue weighted by atomic mass is 10.1. The van der Waals surface area contributed by atoms with Crippen LogP contribution >= 0.6 is 11.3 Å². The van der Waals surface area contributed by atoms with Crippen LogP contribution in [0.2, 0.25) is 0 Å². The fourth-order valence-corrected chi connectivity index (χ4v) is 5.85. The number of rotatable bonds is 7. The van der Waals surface area contributed by atoms with Crippen molar-refractivity contribution in [1.29, 1.82) is 0 Å². The number of aryl methyl sites for hydroxylation is 1. The second-order valence-corrected chi connectivity index (χ2v) is 10.1. The number of hydrogen-bond acceptors (Lipinski definition) is 5. The molecular formula is C20H25NO4S2. The van der Waals surface area contributed by atoms with E-state index in [1.807, 2.05) is 31.4 Å². The predicted octanol–water partition coefficient (Wildman–Crippen LogP) is 3.67. The van der Waals surface area contributed by atoms with Crippen LogP contribution in [0.4, 0.5) is 0 Å². The van der Waals surface area contributed by atoms with Crippen molar-refractivity contribution in [2.75, 3.05) is 18.1 Å². The molecule has 2 heterocycles. The fraction of sp³-hybridized carbons (Fsp3) is 0.450. The Bertz CT molecular complexity index is 904. The predicted molar refractivity (Wildman–Crippen MR) is 108 cm³/mol. The summed E-state index contributed by atoms with van der Waals surface area (Å²) in [6, 6.07) is 8.88. The molecule has 0 saturated carbocycles. The largest absolute Gasteiger partial charge is 0.494 e. The number of ether oxygens (including phenoxy) is 1. The number of carbonyl (C=O) groups excluding carboxylic acids is 1. The summed E-state index contributed by atoms with van der Waals surface area (Å²) in [6.45, 7) is 5.07. The van der Waals surface area contributed by atoms with Gasteiger partial charge in [-0.05, 0) is 55.0 Å². The molecule has 2 aromatic rings. The summed E-state index contributed by atoms with van der Waals surface area (Å²) < 4.78 is 29.6. The lowest BCUT2D eigenvalue weighted by Gasteiger charge is -2.28. The molecule has 1 aromatic heterocycles. The molecule has 1 aromatic carbocycles. The van der Waals surface area contributed by atoms with Gasteiger partial charge < -0.3 is 9.64 Å². The van der Waals surface area contributed by atoms with Crippen LogP contribution in [-0.4, -0.2) is 43.4 Å². The van der Waals surface area contributed by atoms with E-state index in [0.29, 0.717) is 30.9 Å². The third kappa shape index (κ3) is 4.90. The van der Waals surface area contributed by atoms with Crippen molar-refractivity contribution in [3.05, 3.63) is 51.7 Å². The first-order chi connectivity index (χ1) is 12.9. The molecule has 1 fully saturated rings. The van der Waals surface area contributed by atoms with Crippen LogP contribution in [0.3, 0.4) is 0 Å². The highest BCUT2D eigenvalue weighted by Gasteiger charge is 2.35. The molecule has 1 atom stereocenters. The van der Waals surface area contributed by atoms with Crippen LogP contribution in [0, 0.1) is 6.92 Å². The van der Waals surface area contributed by atoms with Crippen LogP contribution in [0.5, 0.6) is 5.75 Å². The highest BCUT2D eigenvalue weighted by Crippen LogP contribution is 2.26. The van der Waals surface area contributed by atoms with Crippen LogP contribution in [0.1, 0.15) is 40.6 Å². The van der Waals surface area contributed by atoms with Gasteiger partial charge >= 0.3 is 0 Å². The Balaban J connectivity index is 1.87. The van der Waals surface area contributed by atoms with Gasteiger partial charge in [0.1, 0.15) is 5.75 Å². The van der Waals surface area contributed by atoms with E-state index >= 15 is 0 Å². The number of amides is 1. The standard InChI is InChI=1S/C20H25NO4S2/c1-3-9-25-18-6-4-5-16(12-18)20(22)21(13-19-15(2)7-10-26-19)17-8-11-27(23,24)14-17/h4-7,10,12,17H,3,8-9,11,13-14H2,1-2H3/t17-/m0/s1. The lowest BCUT2D eigenvalue weighted by molar-refractivity contribution is 0.0682. The summed E-state index contributed by atoms with van der Waals surface area (Å²) in [5, 5.41) is 2.00. The minimum atomic E-state index is -3.08. The zero-order chi connectivity index (χ0) is 19.4. The van der Waals surface area contributed by atoms with E-state index in [0.717, 1.165) is 16.9 Å². The molecule has 146 valence electrons. The van der Waals surface area contributed by atoms with Gasteiger partial charge in [-0.3, -0.25) is 4.79 Å².